The molecule has 0 saturated carbocycles. The van der Waals surface area contributed by atoms with Crippen molar-refractivity contribution in [2.75, 3.05) is 0 Å². The molecule has 2 heterocycles. The van der Waals surface area contributed by atoms with Crippen molar-refractivity contribution < 1.29 is 0 Å². The Labute approximate surface area is 143 Å². The maximum absolute atomic E-state index is 2.38. The highest BCUT2D eigenvalue weighted by Gasteiger charge is 2.18. The second kappa shape index (κ2) is 7.42. The fourth-order valence-electron chi connectivity index (χ4n) is 3.01. The van der Waals surface area contributed by atoms with Crippen LogP contribution in [0.1, 0.15) is 72.5 Å². The maximum Gasteiger partial charge on any atom is 0.0231 e. The van der Waals surface area contributed by atoms with Gasteiger partial charge in [-0.3, -0.25) is 0 Å². The second-order valence-corrected chi connectivity index (χ2v) is 8.28. The van der Waals surface area contributed by atoms with Gasteiger partial charge in [0.25, 0.3) is 0 Å². The first-order valence-corrected chi connectivity index (χ1v) is 8.84. The molecule has 0 aliphatic rings. The van der Waals surface area contributed by atoms with Crippen LogP contribution >= 0.6 is 0 Å². The highest BCUT2D eigenvalue weighted by atomic mass is 15.0. The Morgan fingerprint density at radius 2 is 1.35 bits per heavy atom. The minimum absolute atomic E-state index is 0.268. The Morgan fingerprint density at radius 3 is 1.70 bits per heavy atom. The zero-order valence-corrected chi connectivity index (χ0v) is 16.7. The summed E-state index contributed by atoms with van der Waals surface area (Å²) in [5.74, 6) is 0. The summed E-state index contributed by atoms with van der Waals surface area (Å²) >= 11 is 0. The third-order valence-corrected chi connectivity index (χ3v) is 4.22. The third-order valence-electron chi connectivity index (χ3n) is 4.22. The van der Waals surface area contributed by atoms with Crippen LogP contribution in [0.5, 0.6) is 0 Å². The van der Waals surface area contributed by atoms with Gasteiger partial charge in [-0.25, -0.2) is 0 Å². The quantitative estimate of drug-likeness (QED) is 0.651. The van der Waals surface area contributed by atoms with Crippen molar-refractivity contribution in [3.63, 3.8) is 0 Å². The van der Waals surface area contributed by atoms with E-state index in [2.05, 4.69) is 102 Å². The summed E-state index contributed by atoms with van der Waals surface area (Å²) in [5.41, 5.74) is 4.76. The van der Waals surface area contributed by atoms with Crippen LogP contribution in [0.2, 0.25) is 0 Å². The summed E-state index contributed by atoms with van der Waals surface area (Å²) in [7, 11) is 0. The molecule has 0 amide bonds. The minimum atomic E-state index is 0.268. The molecule has 2 aromatic heterocycles. The van der Waals surface area contributed by atoms with Crippen LogP contribution < -0.4 is 0 Å². The molecule has 0 aliphatic carbocycles. The number of hydrogen-bond acceptors (Lipinski definition) is 0. The van der Waals surface area contributed by atoms with E-state index in [9.17, 15) is 0 Å². The lowest BCUT2D eigenvalue weighted by molar-refractivity contribution is 0.521. The largest absolute Gasteiger partial charge is 0.351 e. The first-order valence-electron chi connectivity index (χ1n) is 8.84. The van der Waals surface area contributed by atoms with Gasteiger partial charge in [0.05, 0.1) is 0 Å². The lowest BCUT2D eigenvalue weighted by atomic mass is 9.92. The summed E-state index contributed by atoms with van der Waals surface area (Å²) in [6.45, 7) is 22.2. The minimum Gasteiger partial charge on any atom is -0.351 e. The second-order valence-electron chi connectivity index (χ2n) is 8.28. The molecule has 2 rings (SSSR count). The van der Waals surface area contributed by atoms with E-state index in [1.165, 1.54) is 17.1 Å². The van der Waals surface area contributed by atoms with Gasteiger partial charge in [-0.1, -0.05) is 41.5 Å². The number of nitrogens with zero attached hydrogens (tertiary/aromatic N) is 2. The van der Waals surface area contributed by atoms with Gasteiger partial charge in [0.15, 0.2) is 0 Å². The molecule has 130 valence electrons. The van der Waals surface area contributed by atoms with Gasteiger partial charge in [-0.15, -0.1) is 0 Å². The summed E-state index contributed by atoms with van der Waals surface area (Å²) < 4.78 is 4.67. The smallest absolute Gasteiger partial charge is 0.0231 e. The Balaban J connectivity index is 0.000000231. The van der Waals surface area contributed by atoms with E-state index >= 15 is 0 Å². The Kier molecular flexibility index (Phi) is 6.33. The Hall–Kier alpha value is -1.44. The zero-order chi connectivity index (χ0) is 17.8. The van der Waals surface area contributed by atoms with Crippen molar-refractivity contribution in [2.45, 2.75) is 86.2 Å². The number of aryl methyl sites for hydroxylation is 2. The van der Waals surface area contributed by atoms with Gasteiger partial charge in [0, 0.05) is 47.2 Å². The Morgan fingerprint density at radius 1 is 0.783 bits per heavy atom. The molecule has 0 aliphatic heterocycles. The zero-order valence-electron chi connectivity index (χ0n) is 16.7. The summed E-state index contributed by atoms with van der Waals surface area (Å²) in [5, 5.41) is 0. The number of rotatable bonds is 2. The fraction of sp³-hybridized carbons (Fsp3) is 0.619. The van der Waals surface area contributed by atoms with Gasteiger partial charge >= 0.3 is 0 Å². The molecule has 0 saturated heterocycles. The summed E-state index contributed by atoms with van der Waals surface area (Å²) in [6.07, 6.45) is 2.14. The molecular weight excluding hydrogens is 280 g/mol. The molecule has 0 atom stereocenters. The first-order chi connectivity index (χ1) is 10.5. The van der Waals surface area contributed by atoms with Gasteiger partial charge in [-0.2, -0.15) is 0 Å². The molecule has 2 nitrogen and oxygen atoms in total. The standard InChI is InChI=1S/C11H19N.C10H17N/c1-6-12-9(2)7-8-10(12)11(3,4)5;1-5-11-8-6-7-9(11)10(2,3)4/h7-8H,6H2,1-5H3;6-8H,5H2,1-4H3. The van der Waals surface area contributed by atoms with Gasteiger partial charge in [0.2, 0.25) is 0 Å². The first kappa shape index (κ1) is 19.6. The highest BCUT2D eigenvalue weighted by Crippen LogP contribution is 2.24. The van der Waals surface area contributed by atoms with E-state index in [0.717, 1.165) is 13.1 Å². The van der Waals surface area contributed by atoms with Crippen LogP contribution in [-0.4, -0.2) is 9.13 Å². The van der Waals surface area contributed by atoms with Crippen LogP contribution in [0.15, 0.2) is 30.5 Å². The predicted molar refractivity (Wildman–Crippen MR) is 102 cm³/mol. The molecule has 0 bridgehead atoms. The molecule has 0 spiro atoms. The normalized spacial score (nSPS) is 12.0. The van der Waals surface area contributed by atoms with Gasteiger partial charge < -0.3 is 9.13 Å². The maximum atomic E-state index is 2.38. The van der Waals surface area contributed by atoms with Crippen molar-refractivity contribution >= 4 is 0 Å². The van der Waals surface area contributed by atoms with E-state index in [0.29, 0.717) is 0 Å². The summed E-state index contributed by atoms with van der Waals surface area (Å²) in [4.78, 5) is 0. The van der Waals surface area contributed by atoms with Crippen LogP contribution in [0.4, 0.5) is 0 Å². The molecule has 0 aromatic carbocycles. The lowest BCUT2D eigenvalue weighted by Crippen LogP contribution is -2.17. The van der Waals surface area contributed by atoms with Gasteiger partial charge in [-0.05, 0) is 45.0 Å². The van der Waals surface area contributed by atoms with Gasteiger partial charge in [0.1, 0.15) is 0 Å². The van der Waals surface area contributed by atoms with Crippen LogP contribution in [0, 0.1) is 6.92 Å². The molecular formula is C21H36N2. The molecule has 0 unspecified atom stereocenters. The van der Waals surface area contributed by atoms with Crippen molar-refractivity contribution in [3.05, 3.63) is 47.5 Å². The lowest BCUT2D eigenvalue weighted by Gasteiger charge is -2.21. The van der Waals surface area contributed by atoms with E-state index in [-0.39, 0.29) is 10.8 Å². The molecule has 0 fully saturated rings. The molecule has 23 heavy (non-hydrogen) atoms. The van der Waals surface area contributed by atoms with E-state index in [1.54, 1.807) is 0 Å². The Bertz CT molecular complexity index is 601. The van der Waals surface area contributed by atoms with Crippen LogP contribution in [-0.2, 0) is 23.9 Å². The van der Waals surface area contributed by atoms with Crippen molar-refractivity contribution in [3.8, 4) is 0 Å². The summed E-state index contributed by atoms with van der Waals surface area (Å²) in [6, 6.07) is 8.75. The molecule has 2 aromatic rings. The molecule has 0 radical (unpaired) electrons. The monoisotopic (exact) mass is 316 g/mol. The van der Waals surface area contributed by atoms with Crippen LogP contribution in [0.25, 0.3) is 0 Å². The number of hydrogen-bond donors (Lipinski definition) is 0. The van der Waals surface area contributed by atoms with E-state index < -0.39 is 0 Å². The fourth-order valence-corrected chi connectivity index (χ4v) is 3.01. The average molecular weight is 317 g/mol. The van der Waals surface area contributed by atoms with Crippen molar-refractivity contribution in [2.24, 2.45) is 0 Å². The number of aromatic nitrogens is 2. The third kappa shape index (κ3) is 5.02. The molecule has 0 N–H and O–H groups in total. The van der Waals surface area contributed by atoms with Crippen LogP contribution in [0.3, 0.4) is 0 Å². The predicted octanol–water partition coefficient (Wildman–Crippen LogP) is 5.92. The average Bonchev–Trinajstić information content (AvgIpc) is 3.03. The SMILES string of the molecule is CCn1c(C)ccc1C(C)(C)C.CCn1cccc1C(C)(C)C. The van der Waals surface area contributed by atoms with Crippen molar-refractivity contribution in [1.29, 1.82) is 0 Å². The molecule has 2 heteroatoms. The topological polar surface area (TPSA) is 9.86 Å². The van der Waals surface area contributed by atoms with Crippen molar-refractivity contribution in [1.82, 2.24) is 9.13 Å². The van der Waals surface area contributed by atoms with E-state index in [4.69, 9.17) is 0 Å². The van der Waals surface area contributed by atoms with E-state index in [1.807, 2.05) is 0 Å². The highest BCUT2D eigenvalue weighted by molar-refractivity contribution is 5.21.